The molecule has 1 N–H and O–H groups in total. The monoisotopic (exact) mass is 422 g/mol. The number of ether oxygens (including phenoxy) is 1. The zero-order chi connectivity index (χ0) is 18.1. The molecule has 1 fully saturated rings. The Morgan fingerprint density at radius 1 is 1.25 bits per heavy atom. The SMILES string of the molecule is COc1ccccc1C1CNCCN1C(=O)c1cn2ccc(C)cc2n1.Cl.Cl. The maximum atomic E-state index is 13.2. The molecule has 28 heavy (non-hydrogen) atoms. The van der Waals surface area contributed by atoms with E-state index in [1.165, 1.54) is 0 Å². The molecule has 2 aromatic heterocycles. The predicted molar refractivity (Wildman–Crippen MR) is 114 cm³/mol. The second-order valence-corrected chi connectivity index (χ2v) is 6.56. The molecule has 8 heteroatoms. The van der Waals surface area contributed by atoms with Crippen molar-refractivity contribution in [3.8, 4) is 5.75 Å². The highest BCUT2D eigenvalue weighted by Gasteiger charge is 2.31. The molecular formula is C20H24Cl2N4O2. The number of benzene rings is 1. The van der Waals surface area contributed by atoms with Gasteiger partial charge in [0.1, 0.15) is 17.1 Å². The van der Waals surface area contributed by atoms with Crippen LogP contribution in [0.3, 0.4) is 0 Å². The topological polar surface area (TPSA) is 58.9 Å². The van der Waals surface area contributed by atoms with E-state index in [1.54, 1.807) is 13.3 Å². The van der Waals surface area contributed by atoms with E-state index in [0.717, 1.165) is 29.1 Å². The Balaban J connectivity index is 0.00000140. The van der Waals surface area contributed by atoms with Crippen LogP contribution in [0.25, 0.3) is 5.65 Å². The number of para-hydroxylation sites is 1. The number of methoxy groups -OCH3 is 1. The zero-order valence-electron chi connectivity index (χ0n) is 15.8. The van der Waals surface area contributed by atoms with Gasteiger partial charge in [-0.25, -0.2) is 4.98 Å². The molecular weight excluding hydrogens is 399 g/mol. The van der Waals surface area contributed by atoms with E-state index in [4.69, 9.17) is 4.74 Å². The lowest BCUT2D eigenvalue weighted by atomic mass is 10.0. The number of aryl methyl sites for hydroxylation is 1. The van der Waals surface area contributed by atoms with Gasteiger partial charge >= 0.3 is 0 Å². The molecule has 1 unspecified atom stereocenters. The maximum absolute atomic E-state index is 13.2. The number of fused-ring (bicyclic) bond motifs is 1. The number of aromatic nitrogens is 2. The molecule has 0 radical (unpaired) electrons. The van der Waals surface area contributed by atoms with Crippen molar-refractivity contribution in [2.45, 2.75) is 13.0 Å². The van der Waals surface area contributed by atoms with Crippen LogP contribution in [0.2, 0.25) is 0 Å². The van der Waals surface area contributed by atoms with Gasteiger partial charge in [-0.1, -0.05) is 18.2 Å². The van der Waals surface area contributed by atoms with Crippen molar-refractivity contribution in [3.63, 3.8) is 0 Å². The normalized spacial score (nSPS) is 16.2. The van der Waals surface area contributed by atoms with E-state index < -0.39 is 0 Å². The predicted octanol–water partition coefficient (Wildman–Crippen LogP) is 3.28. The highest BCUT2D eigenvalue weighted by molar-refractivity contribution is 5.93. The number of pyridine rings is 1. The van der Waals surface area contributed by atoms with E-state index in [-0.39, 0.29) is 36.8 Å². The third-order valence-corrected chi connectivity index (χ3v) is 4.84. The minimum absolute atomic E-state index is 0. The van der Waals surface area contributed by atoms with Gasteiger partial charge in [0.2, 0.25) is 0 Å². The molecule has 0 aliphatic carbocycles. The number of piperazine rings is 1. The summed E-state index contributed by atoms with van der Waals surface area (Å²) in [7, 11) is 1.66. The number of nitrogens with zero attached hydrogens (tertiary/aromatic N) is 3. The summed E-state index contributed by atoms with van der Waals surface area (Å²) in [5, 5.41) is 3.38. The molecule has 3 heterocycles. The standard InChI is InChI=1S/C20H22N4O2.2ClH/c1-14-7-9-23-13-16(22-19(23)11-14)20(25)24-10-8-21-12-17(24)15-5-3-4-6-18(15)26-2;;/h3-7,9,11,13,17,21H,8,10,12H2,1-2H3;2*1H. The smallest absolute Gasteiger partial charge is 0.274 e. The molecule has 3 aromatic rings. The van der Waals surface area contributed by atoms with Gasteiger partial charge in [-0.05, 0) is 30.7 Å². The van der Waals surface area contributed by atoms with Crippen molar-refractivity contribution in [2.24, 2.45) is 0 Å². The first-order valence-electron chi connectivity index (χ1n) is 8.77. The van der Waals surface area contributed by atoms with Crippen LogP contribution < -0.4 is 10.1 Å². The first kappa shape index (κ1) is 22.0. The lowest BCUT2D eigenvalue weighted by Gasteiger charge is -2.36. The van der Waals surface area contributed by atoms with Gasteiger partial charge in [-0.3, -0.25) is 4.79 Å². The molecule has 150 valence electrons. The van der Waals surface area contributed by atoms with Crippen LogP contribution >= 0.6 is 24.8 Å². The Labute approximate surface area is 176 Å². The van der Waals surface area contributed by atoms with Crippen molar-refractivity contribution in [1.29, 1.82) is 0 Å². The van der Waals surface area contributed by atoms with Crippen LogP contribution in [0.15, 0.2) is 48.8 Å². The number of imidazole rings is 1. The molecule has 1 amide bonds. The summed E-state index contributed by atoms with van der Waals surface area (Å²) in [6.07, 6.45) is 3.74. The lowest BCUT2D eigenvalue weighted by molar-refractivity contribution is 0.0626. The second-order valence-electron chi connectivity index (χ2n) is 6.56. The number of hydrogen-bond donors (Lipinski definition) is 1. The van der Waals surface area contributed by atoms with Gasteiger partial charge in [0.05, 0.1) is 13.2 Å². The fourth-order valence-electron chi connectivity index (χ4n) is 3.50. The van der Waals surface area contributed by atoms with E-state index in [2.05, 4.69) is 10.3 Å². The van der Waals surface area contributed by atoms with Crippen molar-refractivity contribution in [3.05, 3.63) is 65.6 Å². The number of carbonyl (C=O) groups excluding carboxylic acids is 1. The van der Waals surface area contributed by atoms with E-state index in [9.17, 15) is 4.79 Å². The van der Waals surface area contributed by atoms with Crippen molar-refractivity contribution < 1.29 is 9.53 Å². The molecule has 1 aromatic carbocycles. The van der Waals surface area contributed by atoms with Crippen LogP contribution in [0.1, 0.15) is 27.7 Å². The van der Waals surface area contributed by atoms with Crippen LogP contribution in [0, 0.1) is 6.92 Å². The Hall–Kier alpha value is -2.28. The quantitative estimate of drug-likeness (QED) is 0.703. The Morgan fingerprint density at radius 2 is 2.04 bits per heavy atom. The van der Waals surface area contributed by atoms with E-state index in [0.29, 0.717) is 18.8 Å². The van der Waals surface area contributed by atoms with Crippen molar-refractivity contribution in [2.75, 3.05) is 26.7 Å². The van der Waals surface area contributed by atoms with Gasteiger partial charge in [-0.15, -0.1) is 24.8 Å². The minimum atomic E-state index is -0.0843. The summed E-state index contributed by atoms with van der Waals surface area (Å²) in [6, 6.07) is 11.8. The number of rotatable bonds is 3. The number of amides is 1. The van der Waals surface area contributed by atoms with E-state index >= 15 is 0 Å². The lowest BCUT2D eigenvalue weighted by Crippen LogP contribution is -2.48. The largest absolute Gasteiger partial charge is 0.496 e. The Morgan fingerprint density at radius 3 is 2.82 bits per heavy atom. The first-order valence-corrected chi connectivity index (χ1v) is 8.77. The minimum Gasteiger partial charge on any atom is -0.496 e. The maximum Gasteiger partial charge on any atom is 0.274 e. The van der Waals surface area contributed by atoms with Gasteiger partial charge in [0.25, 0.3) is 5.91 Å². The highest BCUT2D eigenvalue weighted by atomic mass is 35.5. The van der Waals surface area contributed by atoms with Gasteiger partial charge < -0.3 is 19.4 Å². The molecule has 0 bridgehead atoms. The second kappa shape index (κ2) is 9.28. The number of halogens is 2. The fourth-order valence-corrected chi connectivity index (χ4v) is 3.50. The van der Waals surface area contributed by atoms with Crippen molar-refractivity contribution in [1.82, 2.24) is 19.6 Å². The van der Waals surface area contributed by atoms with Crippen LogP contribution in [-0.2, 0) is 0 Å². The zero-order valence-corrected chi connectivity index (χ0v) is 17.4. The molecule has 0 spiro atoms. The average molecular weight is 423 g/mol. The summed E-state index contributed by atoms with van der Waals surface area (Å²) >= 11 is 0. The molecule has 6 nitrogen and oxygen atoms in total. The number of nitrogens with one attached hydrogen (secondary N) is 1. The van der Waals surface area contributed by atoms with Crippen LogP contribution in [0.5, 0.6) is 5.75 Å². The van der Waals surface area contributed by atoms with Crippen LogP contribution in [-0.4, -0.2) is 46.9 Å². The third kappa shape index (κ3) is 4.09. The van der Waals surface area contributed by atoms with Gasteiger partial charge in [0.15, 0.2) is 0 Å². The van der Waals surface area contributed by atoms with Crippen molar-refractivity contribution >= 4 is 36.4 Å². The van der Waals surface area contributed by atoms with E-state index in [1.807, 2.05) is 58.8 Å². The summed E-state index contributed by atoms with van der Waals surface area (Å²) in [5.74, 6) is 0.744. The fraction of sp³-hybridized carbons (Fsp3) is 0.300. The van der Waals surface area contributed by atoms with Gasteiger partial charge in [-0.2, -0.15) is 0 Å². The summed E-state index contributed by atoms with van der Waals surface area (Å²) in [4.78, 5) is 19.7. The van der Waals surface area contributed by atoms with Crippen LogP contribution in [0.4, 0.5) is 0 Å². The molecule has 4 rings (SSSR count). The molecule has 1 atom stereocenters. The van der Waals surface area contributed by atoms with Gasteiger partial charge in [0, 0.05) is 37.6 Å². The third-order valence-electron chi connectivity index (χ3n) is 4.84. The highest BCUT2D eigenvalue weighted by Crippen LogP contribution is 2.31. The molecule has 1 aliphatic rings. The summed E-state index contributed by atoms with van der Waals surface area (Å²) in [5.41, 5.74) is 3.39. The Bertz CT molecular complexity index is 960. The molecule has 0 saturated carbocycles. The average Bonchev–Trinajstić information content (AvgIpc) is 3.10. The summed E-state index contributed by atoms with van der Waals surface area (Å²) < 4.78 is 7.40. The molecule has 1 saturated heterocycles. The Kier molecular flexibility index (Phi) is 7.29. The molecule has 1 aliphatic heterocycles. The first-order chi connectivity index (χ1) is 12.7. The summed E-state index contributed by atoms with van der Waals surface area (Å²) in [6.45, 7) is 4.11. The number of carbonyl (C=O) groups is 1. The number of hydrogen-bond acceptors (Lipinski definition) is 4.